The summed E-state index contributed by atoms with van der Waals surface area (Å²) < 4.78 is 11.5. The van der Waals surface area contributed by atoms with Gasteiger partial charge >= 0.3 is 6.09 Å². The van der Waals surface area contributed by atoms with Crippen molar-refractivity contribution in [1.82, 2.24) is 5.32 Å². The Bertz CT molecular complexity index is 503. The van der Waals surface area contributed by atoms with Crippen molar-refractivity contribution in [3.05, 3.63) is 12.2 Å². The van der Waals surface area contributed by atoms with Crippen molar-refractivity contribution in [3.63, 3.8) is 0 Å². The van der Waals surface area contributed by atoms with E-state index >= 15 is 0 Å². The second-order valence-electron chi connectivity index (χ2n) is 10.4. The van der Waals surface area contributed by atoms with E-state index in [1.54, 1.807) is 0 Å². The Morgan fingerprint density at radius 1 is 0.970 bits per heavy atom. The normalized spacial score (nSPS) is 15.9. The Kier molecular flexibility index (Phi) is 18.6. The number of carbonyl (C=O) groups excluding carboxylic acids is 1. The van der Waals surface area contributed by atoms with Gasteiger partial charge in [-0.2, -0.15) is 0 Å². The molecule has 0 spiro atoms. The molecule has 4 N–H and O–H groups in total. The summed E-state index contributed by atoms with van der Waals surface area (Å²) in [7, 11) is 0. The van der Waals surface area contributed by atoms with Crippen LogP contribution in [0.1, 0.15) is 112 Å². The second-order valence-corrected chi connectivity index (χ2v) is 10.4. The van der Waals surface area contributed by atoms with E-state index in [4.69, 9.17) is 15.2 Å². The summed E-state index contributed by atoms with van der Waals surface area (Å²) in [6.45, 7) is 13.2. The number of aliphatic hydroxyl groups excluding tert-OH is 1. The van der Waals surface area contributed by atoms with Crippen LogP contribution in [0.5, 0.6) is 0 Å². The van der Waals surface area contributed by atoms with Crippen LogP contribution >= 0.6 is 0 Å². The number of allylic oxidation sites excluding steroid dienone is 1. The first-order chi connectivity index (χ1) is 15.6. The number of rotatable bonds is 19. The molecule has 0 aliphatic heterocycles. The maximum absolute atomic E-state index is 11.6. The quantitative estimate of drug-likeness (QED) is 0.156. The van der Waals surface area contributed by atoms with Gasteiger partial charge in [0.1, 0.15) is 5.60 Å². The molecule has 33 heavy (non-hydrogen) atoms. The largest absolute Gasteiger partial charge is 0.444 e. The standard InChI is InChI=1S/C27H54N2O4/c1-22(18-14-11-13-17-21-29-26(31)33-27(4,5)6)24(3)32-25(23(2)30)19-15-10-8-7-9-12-16-20-28/h10,15,22-25,30H,7-9,11-14,16-21,28H2,1-6H3,(H,29,31). The van der Waals surface area contributed by atoms with Gasteiger partial charge in [-0.15, -0.1) is 0 Å². The van der Waals surface area contributed by atoms with E-state index in [1.807, 2.05) is 27.7 Å². The fraction of sp³-hybridized carbons (Fsp3) is 0.889. The molecule has 6 nitrogen and oxygen atoms in total. The Morgan fingerprint density at radius 2 is 1.61 bits per heavy atom. The minimum absolute atomic E-state index is 0.114. The van der Waals surface area contributed by atoms with Crippen LogP contribution < -0.4 is 11.1 Å². The number of aliphatic hydroxyl groups is 1. The average molecular weight is 471 g/mol. The lowest BCUT2D eigenvalue weighted by Crippen LogP contribution is -2.33. The fourth-order valence-corrected chi connectivity index (χ4v) is 3.57. The predicted molar refractivity (Wildman–Crippen MR) is 138 cm³/mol. The number of hydrogen-bond donors (Lipinski definition) is 3. The van der Waals surface area contributed by atoms with E-state index in [0.717, 1.165) is 57.9 Å². The molecule has 0 saturated heterocycles. The van der Waals surface area contributed by atoms with E-state index in [2.05, 4.69) is 31.3 Å². The Morgan fingerprint density at radius 3 is 2.24 bits per heavy atom. The van der Waals surface area contributed by atoms with Crippen molar-refractivity contribution < 1.29 is 19.4 Å². The van der Waals surface area contributed by atoms with Crippen molar-refractivity contribution in [2.75, 3.05) is 13.1 Å². The number of amides is 1. The summed E-state index contributed by atoms with van der Waals surface area (Å²) in [5.41, 5.74) is 5.07. The van der Waals surface area contributed by atoms with E-state index < -0.39 is 11.7 Å². The molecular formula is C27H54N2O4. The second kappa shape index (κ2) is 19.2. The van der Waals surface area contributed by atoms with E-state index in [1.165, 1.54) is 19.3 Å². The van der Waals surface area contributed by atoms with Crippen molar-refractivity contribution in [2.45, 2.75) is 136 Å². The highest BCUT2D eigenvalue weighted by Crippen LogP contribution is 2.20. The number of alkyl carbamates (subject to hydrolysis) is 1. The molecule has 6 heteroatoms. The van der Waals surface area contributed by atoms with Gasteiger partial charge in [0, 0.05) is 6.54 Å². The van der Waals surface area contributed by atoms with Crippen molar-refractivity contribution in [1.29, 1.82) is 0 Å². The van der Waals surface area contributed by atoms with Crippen LogP contribution in [-0.2, 0) is 9.47 Å². The van der Waals surface area contributed by atoms with Gasteiger partial charge in [-0.3, -0.25) is 0 Å². The first kappa shape index (κ1) is 31.9. The molecule has 0 aliphatic rings. The molecule has 0 aliphatic carbocycles. The number of nitrogens with one attached hydrogen (secondary N) is 1. The zero-order chi connectivity index (χ0) is 25.1. The van der Waals surface area contributed by atoms with Gasteiger partial charge in [-0.1, -0.05) is 51.2 Å². The average Bonchev–Trinajstić information content (AvgIpc) is 2.72. The van der Waals surface area contributed by atoms with Crippen molar-refractivity contribution in [3.8, 4) is 0 Å². The van der Waals surface area contributed by atoms with Crippen molar-refractivity contribution >= 4 is 6.09 Å². The molecule has 0 radical (unpaired) electrons. The van der Waals surface area contributed by atoms with E-state index in [0.29, 0.717) is 12.5 Å². The molecular weight excluding hydrogens is 416 g/mol. The van der Waals surface area contributed by atoms with Crippen LogP contribution in [0.15, 0.2) is 12.2 Å². The van der Waals surface area contributed by atoms with Gasteiger partial charge in [-0.05, 0) is 85.6 Å². The highest BCUT2D eigenvalue weighted by atomic mass is 16.6. The van der Waals surface area contributed by atoms with Gasteiger partial charge in [-0.25, -0.2) is 4.79 Å². The molecule has 1 amide bonds. The third kappa shape index (κ3) is 20.0. The minimum atomic E-state index is -0.480. The van der Waals surface area contributed by atoms with Crippen LogP contribution in [0, 0.1) is 5.92 Å². The summed E-state index contributed by atoms with van der Waals surface area (Å²) in [5.74, 6) is 0.442. The first-order valence-corrected chi connectivity index (χ1v) is 13.2. The highest BCUT2D eigenvalue weighted by Gasteiger charge is 2.21. The van der Waals surface area contributed by atoms with E-state index in [-0.39, 0.29) is 18.3 Å². The lowest BCUT2D eigenvalue weighted by molar-refractivity contribution is -0.0806. The van der Waals surface area contributed by atoms with Crippen molar-refractivity contribution in [2.24, 2.45) is 11.7 Å². The van der Waals surface area contributed by atoms with Gasteiger partial charge in [0.2, 0.25) is 0 Å². The zero-order valence-corrected chi connectivity index (χ0v) is 22.4. The molecule has 196 valence electrons. The number of carbonyl (C=O) groups is 1. The summed E-state index contributed by atoms with van der Waals surface area (Å²) >= 11 is 0. The topological polar surface area (TPSA) is 93.8 Å². The van der Waals surface area contributed by atoms with Crippen LogP contribution in [0.4, 0.5) is 4.79 Å². The third-order valence-electron chi connectivity index (χ3n) is 5.84. The molecule has 0 aromatic heterocycles. The number of hydrogen-bond acceptors (Lipinski definition) is 5. The van der Waals surface area contributed by atoms with Gasteiger partial charge in [0.25, 0.3) is 0 Å². The predicted octanol–water partition coefficient (Wildman–Crippen LogP) is 6.11. The molecule has 0 heterocycles. The third-order valence-corrected chi connectivity index (χ3v) is 5.84. The fourth-order valence-electron chi connectivity index (χ4n) is 3.57. The molecule has 0 bridgehead atoms. The molecule has 0 aromatic rings. The number of unbranched alkanes of at least 4 members (excludes halogenated alkanes) is 7. The first-order valence-electron chi connectivity index (χ1n) is 13.2. The molecule has 0 aromatic carbocycles. The van der Waals surface area contributed by atoms with Crippen LogP contribution in [0.2, 0.25) is 0 Å². The Hall–Kier alpha value is -1.11. The molecule has 4 unspecified atom stereocenters. The summed E-state index contributed by atoms with van der Waals surface area (Å²) in [6, 6.07) is 0. The smallest absolute Gasteiger partial charge is 0.407 e. The zero-order valence-electron chi connectivity index (χ0n) is 22.4. The van der Waals surface area contributed by atoms with E-state index in [9.17, 15) is 9.90 Å². The molecule has 0 saturated carbocycles. The summed E-state index contributed by atoms with van der Waals surface area (Å²) in [5, 5.41) is 12.9. The maximum atomic E-state index is 11.6. The number of nitrogens with two attached hydrogens (primary N) is 1. The summed E-state index contributed by atoms with van der Waals surface area (Å²) in [4.78, 5) is 11.6. The Balaban J connectivity index is 3.97. The Labute approximate surface area is 204 Å². The van der Waals surface area contributed by atoms with Gasteiger partial charge in [0.15, 0.2) is 0 Å². The van der Waals surface area contributed by atoms with Gasteiger partial charge in [0.05, 0.1) is 18.3 Å². The molecule has 0 fully saturated rings. The van der Waals surface area contributed by atoms with Crippen LogP contribution in [0.3, 0.4) is 0 Å². The molecule has 0 rings (SSSR count). The lowest BCUT2D eigenvalue weighted by Gasteiger charge is -2.27. The monoisotopic (exact) mass is 470 g/mol. The minimum Gasteiger partial charge on any atom is -0.444 e. The SMILES string of the molecule is CC(O)C(CC=CCCCCCCN)OC(C)C(C)CCCCCCNC(=O)OC(C)(C)C. The van der Waals surface area contributed by atoms with Gasteiger partial charge < -0.3 is 25.6 Å². The molecule has 4 atom stereocenters. The maximum Gasteiger partial charge on any atom is 0.407 e. The van der Waals surface area contributed by atoms with Crippen LogP contribution in [-0.4, -0.2) is 48.2 Å². The number of ether oxygens (including phenoxy) is 2. The summed E-state index contributed by atoms with van der Waals surface area (Å²) in [6.07, 6.45) is 15.5. The van der Waals surface area contributed by atoms with Crippen LogP contribution in [0.25, 0.3) is 0 Å². The highest BCUT2D eigenvalue weighted by molar-refractivity contribution is 5.67. The lowest BCUT2D eigenvalue weighted by atomic mass is 9.97.